The van der Waals surface area contributed by atoms with E-state index in [-0.39, 0.29) is 24.5 Å². The molecule has 28 heavy (non-hydrogen) atoms. The minimum Gasteiger partial charge on any atom is -0.457 e. The average molecular weight is 386 g/mol. The number of piperidine rings is 1. The van der Waals surface area contributed by atoms with Crippen molar-refractivity contribution in [3.63, 3.8) is 0 Å². The van der Waals surface area contributed by atoms with E-state index in [0.717, 1.165) is 18.4 Å². The Morgan fingerprint density at radius 3 is 3.18 bits per heavy atom. The number of hydrogen-bond acceptors (Lipinski definition) is 7. The van der Waals surface area contributed by atoms with Crippen molar-refractivity contribution < 1.29 is 23.6 Å². The zero-order valence-corrected chi connectivity index (χ0v) is 15.6. The fourth-order valence-electron chi connectivity index (χ4n) is 3.50. The first-order chi connectivity index (χ1) is 13.6. The maximum atomic E-state index is 12.7. The van der Waals surface area contributed by atoms with Crippen molar-refractivity contribution in [2.45, 2.75) is 31.8 Å². The highest BCUT2D eigenvalue weighted by atomic mass is 16.5. The van der Waals surface area contributed by atoms with Crippen LogP contribution in [0.4, 0.5) is 10.5 Å². The Balaban J connectivity index is 1.38. The van der Waals surface area contributed by atoms with Crippen molar-refractivity contribution in [1.82, 2.24) is 15.0 Å². The summed E-state index contributed by atoms with van der Waals surface area (Å²) in [5.74, 6) is 0.885. The molecule has 9 nitrogen and oxygen atoms in total. The molecule has 2 aliphatic heterocycles. The summed E-state index contributed by atoms with van der Waals surface area (Å²) in [6.07, 6.45) is 2.36. The number of urea groups is 1. The van der Waals surface area contributed by atoms with Crippen LogP contribution in [-0.4, -0.2) is 53.8 Å². The predicted molar refractivity (Wildman–Crippen MR) is 98.0 cm³/mol. The smallest absolute Gasteiger partial charge is 0.338 e. The van der Waals surface area contributed by atoms with Gasteiger partial charge in [-0.1, -0.05) is 5.16 Å². The molecule has 1 saturated heterocycles. The highest BCUT2D eigenvalue weighted by Crippen LogP contribution is 2.27. The molecular formula is C19H22N4O5. The van der Waals surface area contributed by atoms with E-state index in [0.29, 0.717) is 49.1 Å². The van der Waals surface area contributed by atoms with Crippen molar-refractivity contribution >= 4 is 17.7 Å². The lowest BCUT2D eigenvalue weighted by molar-refractivity contribution is 0.0535. The van der Waals surface area contributed by atoms with Gasteiger partial charge < -0.3 is 24.2 Å². The van der Waals surface area contributed by atoms with E-state index in [1.807, 2.05) is 0 Å². The van der Waals surface area contributed by atoms with Gasteiger partial charge in [0.1, 0.15) is 6.61 Å². The first kappa shape index (κ1) is 18.4. The SMILES string of the molecule is COCCc1noc([C@@H]2CCCN(C(=O)Nc3ccc4c(c3)COC4=O)C2)n1. The first-order valence-corrected chi connectivity index (χ1v) is 9.31. The Morgan fingerprint density at radius 2 is 2.32 bits per heavy atom. The molecule has 1 atom stereocenters. The number of likely N-dealkylation sites (tertiary alicyclic amines) is 1. The predicted octanol–water partition coefficient (Wildman–Crippen LogP) is 2.34. The molecule has 1 aromatic carbocycles. The van der Waals surface area contributed by atoms with Crippen LogP contribution in [0.1, 0.15) is 46.4 Å². The third-order valence-corrected chi connectivity index (χ3v) is 5.01. The number of benzene rings is 1. The quantitative estimate of drug-likeness (QED) is 0.786. The van der Waals surface area contributed by atoms with Gasteiger partial charge in [-0.15, -0.1) is 0 Å². The summed E-state index contributed by atoms with van der Waals surface area (Å²) in [6, 6.07) is 4.98. The summed E-state index contributed by atoms with van der Waals surface area (Å²) >= 11 is 0. The molecule has 9 heteroatoms. The lowest BCUT2D eigenvalue weighted by Crippen LogP contribution is -2.41. The fourth-order valence-corrected chi connectivity index (χ4v) is 3.50. The van der Waals surface area contributed by atoms with Crippen LogP contribution in [0.25, 0.3) is 0 Å². The van der Waals surface area contributed by atoms with Crippen LogP contribution in [0.15, 0.2) is 22.7 Å². The number of hydrogen-bond donors (Lipinski definition) is 1. The van der Waals surface area contributed by atoms with Gasteiger partial charge in [0.25, 0.3) is 0 Å². The number of aromatic nitrogens is 2. The van der Waals surface area contributed by atoms with E-state index in [1.54, 1.807) is 30.2 Å². The Morgan fingerprint density at radius 1 is 1.43 bits per heavy atom. The van der Waals surface area contributed by atoms with E-state index in [9.17, 15) is 9.59 Å². The number of rotatable bonds is 5. The van der Waals surface area contributed by atoms with Crippen molar-refractivity contribution in [2.24, 2.45) is 0 Å². The largest absolute Gasteiger partial charge is 0.457 e. The third-order valence-electron chi connectivity index (χ3n) is 5.01. The van der Waals surface area contributed by atoms with E-state index in [2.05, 4.69) is 15.5 Å². The summed E-state index contributed by atoms with van der Waals surface area (Å²) < 4.78 is 15.4. The number of anilines is 1. The van der Waals surface area contributed by atoms with Gasteiger partial charge >= 0.3 is 12.0 Å². The van der Waals surface area contributed by atoms with Crippen molar-refractivity contribution in [3.05, 3.63) is 41.0 Å². The number of cyclic esters (lactones) is 1. The van der Waals surface area contributed by atoms with Gasteiger partial charge in [-0.3, -0.25) is 0 Å². The normalized spacial score (nSPS) is 18.7. The molecule has 1 fully saturated rings. The van der Waals surface area contributed by atoms with Crippen LogP contribution < -0.4 is 5.32 Å². The van der Waals surface area contributed by atoms with E-state index in [4.69, 9.17) is 14.0 Å². The van der Waals surface area contributed by atoms with E-state index in [1.165, 1.54) is 0 Å². The lowest BCUT2D eigenvalue weighted by Gasteiger charge is -2.31. The lowest BCUT2D eigenvalue weighted by atomic mass is 9.98. The van der Waals surface area contributed by atoms with Gasteiger partial charge in [-0.25, -0.2) is 9.59 Å². The van der Waals surface area contributed by atoms with Crippen molar-refractivity contribution in [2.75, 3.05) is 32.1 Å². The molecule has 1 N–H and O–H groups in total. The number of fused-ring (bicyclic) bond motifs is 1. The second-order valence-electron chi connectivity index (χ2n) is 6.96. The molecule has 1 aromatic heterocycles. The summed E-state index contributed by atoms with van der Waals surface area (Å²) in [7, 11) is 1.63. The summed E-state index contributed by atoms with van der Waals surface area (Å²) in [5.41, 5.74) is 1.98. The standard InChI is InChI=1S/C19H22N4O5/c1-26-8-6-16-21-17(28-22-16)12-3-2-7-23(10-12)19(25)20-14-4-5-15-13(9-14)11-27-18(15)24/h4-5,9,12H,2-3,6-8,10-11H2,1H3,(H,20,25)/t12-/m1/s1. The Hall–Kier alpha value is -2.94. The summed E-state index contributed by atoms with van der Waals surface area (Å²) in [5, 5.41) is 6.88. The van der Waals surface area contributed by atoms with Gasteiger partial charge in [-0.2, -0.15) is 4.98 Å². The molecule has 3 heterocycles. The number of ether oxygens (including phenoxy) is 2. The van der Waals surface area contributed by atoms with Crippen LogP contribution in [0, 0.1) is 0 Å². The van der Waals surface area contributed by atoms with Crippen LogP contribution in [0.3, 0.4) is 0 Å². The Labute approximate surface area is 162 Å². The first-order valence-electron chi connectivity index (χ1n) is 9.31. The highest BCUT2D eigenvalue weighted by molar-refractivity contribution is 5.95. The zero-order chi connectivity index (χ0) is 19.5. The number of carbonyl (C=O) groups is 2. The number of amides is 2. The molecule has 0 aliphatic carbocycles. The molecule has 0 spiro atoms. The van der Waals surface area contributed by atoms with E-state index >= 15 is 0 Å². The molecule has 148 valence electrons. The molecule has 2 amide bonds. The molecule has 0 unspecified atom stereocenters. The summed E-state index contributed by atoms with van der Waals surface area (Å²) in [4.78, 5) is 30.4. The number of carbonyl (C=O) groups excluding carboxylic acids is 2. The number of nitrogens with zero attached hydrogens (tertiary/aromatic N) is 3. The highest BCUT2D eigenvalue weighted by Gasteiger charge is 2.29. The minimum absolute atomic E-state index is 0.0225. The summed E-state index contributed by atoms with van der Waals surface area (Å²) in [6.45, 7) is 1.96. The number of methoxy groups -OCH3 is 1. The third kappa shape index (κ3) is 3.84. The molecule has 2 aromatic rings. The van der Waals surface area contributed by atoms with Crippen LogP contribution in [0.2, 0.25) is 0 Å². The molecule has 0 bridgehead atoms. The van der Waals surface area contributed by atoms with Gasteiger partial charge in [0, 0.05) is 37.9 Å². The maximum absolute atomic E-state index is 12.7. The van der Waals surface area contributed by atoms with Crippen LogP contribution in [0.5, 0.6) is 0 Å². The Bertz CT molecular complexity index is 881. The number of esters is 1. The molecule has 0 saturated carbocycles. The maximum Gasteiger partial charge on any atom is 0.338 e. The van der Waals surface area contributed by atoms with E-state index < -0.39 is 0 Å². The van der Waals surface area contributed by atoms with Crippen LogP contribution in [-0.2, 0) is 22.5 Å². The second-order valence-corrected chi connectivity index (χ2v) is 6.96. The molecule has 2 aliphatic rings. The fraction of sp³-hybridized carbons (Fsp3) is 0.474. The number of nitrogens with one attached hydrogen (secondary N) is 1. The minimum atomic E-state index is -0.323. The van der Waals surface area contributed by atoms with Crippen LogP contribution >= 0.6 is 0 Å². The van der Waals surface area contributed by atoms with Gasteiger partial charge in [0.05, 0.1) is 18.1 Å². The van der Waals surface area contributed by atoms with Crippen molar-refractivity contribution in [3.8, 4) is 0 Å². The zero-order valence-electron chi connectivity index (χ0n) is 15.6. The van der Waals surface area contributed by atoms with Crippen molar-refractivity contribution in [1.29, 1.82) is 0 Å². The van der Waals surface area contributed by atoms with Gasteiger partial charge in [0.2, 0.25) is 5.89 Å². The topological polar surface area (TPSA) is 107 Å². The molecule has 0 radical (unpaired) electrons. The molecular weight excluding hydrogens is 364 g/mol. The second kappa shape index (κ2) is 7.97. The monoisotopic (exact) mass is 386 g/mol. The van der Waals surface area contributed by atoms with Gasteiger partial charge in [0.15, 0.2) is 5.82 Å². The van der Waals surface area contributed by atoms with Gasteiger partial charge in [-0.05, 0) is 31.0 Å². The Kier molecular flexibility index (Phi) is 5.25. The molecule has 4 rings (SSSR count). The average Bonchev–Trinajstić information content (AvgIpc) is 3.33.